The van der Waals surface area contributed by atoms with E-state index in [2.05, 4.69) is 41.5 Å². The fourth-order valence-electron chi connectivity index (χ4n) is 2.41. The zero-order chi connectivity index (χ0) is 19.4. The minimum Gasteiger partial charge on any atom is -0.325 e. The number of nitrogens with zero attached hydrogens (tertiary/aromatic N) is 2. The molecule has 0 radical (unpaired) electrons. The van der Waals surface area contributed by atoms with Crippen molar-refractivity contribution in [2.45, 2.75) is 18.9 Å². The van der Waals surface area contributed by atoms with Crippen LogP contribution in [0.2, 0.25) is 10.0 Å². The van der Waals surface area contributed by atoms with Gasteiger partial charge in [0.15, 0.2) is 0 Å². The third kappa shape index (κ3) is 5.45. The lowest BCUT2D eigenvalue weighted by Gasteiger charge is -2.07. The van der Waals surface area contributed by atoms with Gasteiger partial charge in [0.05, 0.1) is 11.4 Å². The van der Waals surface area contributed by atoms with E-state index in [0.717, 1.165) is 11.3 Å². The van der Waals surface area contributed by atoms with Crippen LogP contribution >= 0.6 is 35.0 Å². The van der Waals surface area contributed by atoms with Crippen LogP contribution in [-0.2, 0) is 4.79 Å². The van der Waals surface area contributed by atoms with Crippen molar-refractivity contribution in [2.24, 2.45) is 0 Å². The molecular weight excluding hydrogens is 401 g/mol. The summed E-state index contributed by atoms with van der Waals surface area (Å²) in [6.07, 6.45) is 0. The molecule has 3 rings (SSSR count). The molecule has 0 fully saturated rings. The van der Waals surface area contributed by atoms with Gasteiger partial charge in [0.1, 0.15) is 5.03 Å². The van der Waals surface area contributed by atoms with Crippen LogP contribution in [0, 0.1) is 13.8 Å². The lowest BCUT2D eigenvalue weighted by Crippen LogP contribution is -2.14. The molecule has 0 aliphatic carbocycles. The highest BCUT2D eigenvalue weighted by atomic mass is 35.5. The van der Waals surface area contributed by atoms with Crippen LogP contribution < -0.4 is 5.32 Å². The average molecular weight is 418 g/mol. The van der Waals surface area contributed by atoms with E-state index in [-0.39, 0.29) is 11.7 Å². The number of carbonyl (C=O) groups is 1. The van der Waals surface area contributed by atoms with Gasteiger partial charge < -0.3 is 5.32 Å². The summed E-state index contributed by atoms with van der Waals surface area (Å²) in [6.45, 7) is 4.15. The van der Waals surface area contributed by atoms with Crippen LogP contribution in [0.1, 0.15) is 11.1 Å². The first-order valence-corrected chi connectivity index (χ1v) is 9.95. The normalized spacial score (nSPS) is 10.7. The summed E-state index contributed by atoms with van der Waals surface area (Å²) in [5.41, 5.74) is 4.85. The number of amides is 1. The summed E-state index contributed by atoms with van der Waals surface area (Å²) < 4.78 is 0. The molecule has 138 valence electrons. The van der Waals surface area contributed by atoms with Gasteiger partial charge in [0, 0.05) is 21.3 Å². The maximum absolute atomic E-state index is 12.1. The second kappa shape index (κ2) is 8.74. The Morgan fingerprint density at radius 3 is 2.33 bits per heavy atom. The van der Waals surface area contributed by atoms with Crippen LogP contribution in [0.5, 0.6) is 0 Å². The van der Waals surface area contributed by atoms with Gasteiger partial charge in [-0.1, -0.05) is 47.1 Å². The number of aromatic nitrogens is 2. The summed E-state index contributed by atoms with van der Waals surface area (Å²) in [4.78, 5) is 12.1. The molecule has 0 bridgehead atoms. The Morgan fingerprint density at radius 2 is 1.70 bits per heavy atom. The van der Waals surface area contributed by atoms with Crippen LogP contribution in [0.3, 0.4) is 0 Å². The standard InChI is InChI=1S/C20H17Cl2N3OS/c1-12-3-4-14(7-13(12)2)18-5-6-20(25-24-18)27-11-19(26)23-17-9-15(21)8-16(22)10-17/h3-10H,11H2,1-2H3,(H,23,26). The van der Waals surface area contributed by atoms with Gasteiger partial charge >= 0.3 is 0 Å². The van der Waals surface area contributed by atoms with Gasteiger partial charge in [-0.25, -0.2) is 0 Å². The molecule has 1 heterocycles. The molecule has 0 aliphatic rings. The van der Waals surface area contributed by atoms with Crippen molar-refractivity contribution in [3.05, 3.63) is 69.7 Å². The Labute approximate surface area is 172 Å². The predicted octanol–water partition coefficient (Wildman–Crippen LogP) is 5.80. The Bertz CT molecular complexity index is 957. The zero-order valence-electron chi connectivity index (χ0n) is 14.8. The molecule has 0 unspecified atom stereocenters. The molecule has 0 atom stereocenters. The SMILES string of the molecule is Cc1ccc(-c2ccc(SCC(=O)Nc3cc(Cl)cc(Cl)c3)nn2)cc1C. The maximum atomic E-state index is 12.1. The lowest BCUT2D eigenvalue weighted by atomic mass is 10.0. The number of halogens is 2. The van der Waals surface area contributed by atoms with Crippen LogP contribution in [-0.4, -0.2) is 21.9 Å². The Hall–Kier alpha value is -2.08. The number of benzene rings is 2. The van der Waals surface area contributed by atoms with Crippen molar-refractivity contribution >= 4 is 46.6 Å². The largest absolute Gasteiger partial charge is 0.325 e. The zero-order valence-corrected chi connectivity index (χ0v) is 17.1. The molecule has 7 heteroatoms. The molecule has 1 N–H and O–H groups in total. The molecule has 2 aromatic carbocycles. The third-order valence-electron chi connectivity index (χ3n) is 3.94. The minimum atomic E-state index is -0.168. The minimum absolute atomic E-state index is 0.168. The van der Waals surface area contributed by atoms with E-state index >= 15 is 0 Å². The second-order valence-electron chi connectivity index (χ2n) is 6.05. The fourth-order valence-corrected chi connectivity index (χ4v) is 3.55. The van der Waals surface area contributed by atoms with Gasteiger partial charge in [-0.3, -0.25) is 4.79 Å². The average Bonchev–Trinajstić information content (AvgIpc) is 2.62. The lowest BCUT2D eigenvalue weighted by molar-refractivity contribution is -0.113. The molecule has 0 saturated carbocycles. The summed E-state index contributed by atoms with van der Waals surface area (Å²) >= 11 is 13.2. The molecule has 4 nitrogen and oxygen atoms in total. The number of rotatable bonds is 5. The Morgan fingerprint density at radius 1 is 0.963 bits per heavy atom. The van der Waals surface area contributed by atoms with Crippen molar-refractivity contribution in [1.29, 1.82) is 0 Å². The third-order valence-corrected chi connectivity index (χ3v) is 5.30. The molecule has 0 spiro atoms. The van der Waals surface area contributed by atoms with E-state index in [9.17, 15) is 4.79 Å². The van der Waals surface area contributed by atoms with Crippen molar-refractivity contribution in [3.63, 3.8) is 0 Å². The van der Waals surface area contributed by atoms with Gasteiger partial charge in [0.2, 0.25) is 5.91 Å². The van der Waals surface area contributed by atoms with Crippen molar-refractivity contribution < 1.29 is 4.79 Å². The number of hydrogen-bond acceptors (Lipinski definition) is 4. The van der Waals surface area contributed by atoms with Crippen LogP contribution in [0.25, 0.3) is 11.3 Å². The maximum Gasteiger partial charge on any atom is 0.234 e. The van der Waals surface area contributed by atoms with Gasteiger partial charge in [-0.05, 0) is 61.4 Å². The number of nitrogens with one attached hydrogen (secondary N) is 1. The Balaban J connectivity index is 1.59. The number of carbonyl (C=O) groups excluding carboxylic acids is 1. The van der Waals surface area contributed by atoms with E-state index in [0.29, 0.717) is 20.8 Å². The smallest absolute Gasteiger partial charge is 0.234 e. The quantitative estimate of drug-likeness (QED) is 0.533. The summed E-state index contributed by atoms with van der Waals surface area (Å²) in [5, 5.41) is 12.9. The highest BCUT2D eigenvalue weighted by Gasteiger charge is 2.08. The molecule has 1 aromatic heterocycles. The molecular formula is C20H17Cl2N3OS. The van der Waals surface area contributed by atoms with E-state index in [1.807, 2.05) is 18.2 Å². The first-order valence-electron chi connectivity index (χ1n) is 8.21. The van der Waals surface area contributed by atoms with Gasteiger partial charge in [0.25, 0.3) is 0 Å². The van der Waals surface area contributed by atoms with E-state index in [4.69, 9.17) is 23.2 Å². The van der Waals surface area contributed by atoms with Gasteiger partial charge in [-0.2, -0.15) is 0 Å². The monoisotopic (exact) mass is 417 g/mol. The van der Waals surface area contributed by atoms with Crippen molar-refractivity contribution in [1.82, 2.24) is 10.2 Å². The molecule has 1 amide bonds. The molecule has 27 heavy (non-hydrogen) atoms. The first kappa shape index (κ1) is 19.7. The first-order chi connectivity index (χ1) is 12.9. The predicted molar refractivity (Wildman–Crippen MR) is 113 cm³/mol. The highest BCUT2D eigenvalue weighted by Crippen LogP contribution is 2.24. The summed E-state index contributed by atoms with van der Waals surface area (Å²) in [6, 6.07) is 14.9. The fraction of sp³-hybridized carbons (Fsp3) is 0.150. The molecule has 0 saturated heterocycles. The molecule has 0 aliphatic heterocycles. The summed E-state index contributed by atoms with van der Waals surface area (Å²) in [5.74, 6) is 0.0419. The van der Waals surface area contributed by atoms with E-state index in [1.165, 1.54) is 22.9 Å². The Kier molecular flexibility index (Phi) is 6.37. The van der Waals surface area contributed by atoms with E-state index in [1.54, 1.807) is 18.2 Å². The number of anilines is 1. The second-order valence-corrected chi connectivity index (χ2v) is 7.92. The van der Waals surface area contributed by atoms with Crippen molar-refractivity contribution in [3.8, 4) is 11.3 Å². The summed E-state index contributed by atoms with van der Waals surface area (Å²) in [7, 11) is 0. The van der Waals surface area contributed by atoms with Crippen LogP contribution in [0.4, 0.5) is 5.69 Å². The van der Waals surface area contributed by atoms with E-state index < -0.39 is 0 Å². The number of hydrogen-bond donors (Lipinski definition) is 1. The highest BCUT2D eigenvalue weighted by molar-refractivity contribution is 7.99. The number of thioether (sulfide) groups is 1. The topological polar surface area (TPSA) is 54.9 Å². The molecule has 3 aromatic rings. The number of aryl methyl sites for hydroxylation is 2. The van der Waals surface area contributed by atoms with Crippen LogP contribution in [0.15, 0.2) is 53.6 Å². The van der Waals surface area contributed by atoms with Gasteiger partial charge in [-0.15, -0.1) is 10.2 Å². The van der Waals surface area contributed by atoms with Crippen molar-refractivity contribution in [2.75, 3.05) is 11.1 Å².